The SMILES string of the molecule is CCC(C)CC(=O)N(C)c1ccc(OC)cc1. The van der Waals surface area contributed by atoms with Gasteiger partial charge in [-0.25, -0.2) is 0 Å². The Morgan fingerprint density at radius 2 is 1.94 bits per heavy atom. The first-order valence-electron chi connectivity index (χ1n) is 5.99. The van der Waals surface area contributed by atoms with Crippen molar-refractivity contribution in [2.45, 2.75) is 26.7 Å². The van der Waals surface area contributed by atoms with Crippen molar-refractivity contribution in [3.05, 3.63) is 24.3 Å². The van der Waals surface area contributed by atoms with Gasteiger partial charge in [-0.3, -0.25) is 4.79 Å². The Bertz CT molecular complexity index is 359. The highest BCUT2D eigenvalue weighted by Gasteiger charge is 2.13. The van der Waals surface area contributed by atoms with Crippen LogP contribution < -0.4 is 9.64 Å². The first-order valence-corrected chi connectivity index (χ1v) is 5.99. The maximum Gasteiger partial charge on any atom is 0.226 e. The molecule has 0 spiro atoms. The van der Waals surface area contributed by atoms with Crippen LogP contribution in [-0.4, -0.2) is 20.1 Å². The summed E-state index contributed by atoms with van der Waals surface area (Å²) in [6, 6.07) is 7.52. The number of ether oxygens (including phenoxy) is 1. The number of anilines is 1. The highest BCUT2D eigenvalue weighted by atomic mass is 16.5. The fourth-order valence-corrected chi connectivity index (χ4v) is 1.53. The largest absolute Gasteiger partial charge is 0.497 e. The Morgan fingerprint density at radius 1 is 1.35 bits per heavy atom. The lowest BCUT2D eigenvalue weighted by Gasteiger charge is -2.19. The fraction of sp³-hybridized carbons (Fsp3) is 0.500. The molecular weight excluding hydrogens is 214 g/mol. The molecule has 17 heavy (non-hydrogen) atoms. The molecule has 0 aromatic heterocycles. The van der Waals surface area contributed by atoms with E-state index in [1.54, 1.807) is 12.0 Å². The normalized spacial score (nSPS) is 12.0. The van der Waals surface area contributed by atoms with E-state index in [2.05, 4.69) is 13.8 Å². The van der Waals surface area contributed by atoms with Crippen molar-refractivity contribution in [2.75, 3.05) is 19.1 Å². The molecular formula is C14H21NO2. The summed E-state index contributed by atoms with van der Waals surface area (Å²) in [5.74, 6) is 1.39. The van der Waals surface area contributed by atoms with Gasteiger partial charge in [0, 0.05) is 19.2 Å². The Kier molecular flexibility index (Phi) is 5.01. The molecule has 0 bridgehead atoms. The van der Waals surface area contributed by atoms with Crippen LogP contribution in [0, 0.1) is 5.92 Å². The number of rotatable bonds is 5. The van der Waals surface area contributed by atoms with E-state index in [1.165, 1.54) is 0 Å². The highest BCUT2D eigenvalue weighted by molar-refractivity contribution is 5.92. The van der Waals surface area contributed by atoms with Crippen molar-refractivity contribution in [1.29, 1.82) is 0 Å². The average molecular weight is 235 g/mol. The maximum atomic E-state index is 12.0. The predicted molar refractivity (Wildman–Crippen MR) is 70.5 cm³/mol. The van der Waals surface area contributed by atoms with Gasteiger partial charge < -0.3 is 9.64 Å². The van der Waals surface area contributed by atoms with E-state index in [1.807, 2.05) is 31.3 Å². The van der Waals surface area contributed by atoms with E-state index in [9.17, 15) is 4.79 Å². The van der Waals surface area contributed by atoms with E-state index >= 15 is 0 Å². The van der Waals surface area contributed by atoms with Crippen LogP contribution in [0.15, 0.2) is 24.3 Å². The van der Waals surface area contributed by atoms with Gasteiger partial charge in [0.25, 0.3) is 0 Å². The summed E-state index contributed by atoms with van der Waals surface area (Å²) < 4.78 is 5.09. The second-order valence-corrected chi connectivity index (χ2v) is 4.37. The van der Waals surface area contributed by atoms with Crippen LogP contribution in [-0.2, 0) is 4.79 Å². The number of amides is 1. The number of hydrogen-bond donors (Lipinski definition) is 0. The number of hydrogen-bond acceptors (Lipinski definition) is 2. The summed E-state index contributed by atoms with van der Waals surface area (Å²) in [6.45, 7) is 4.20. The molecule has 0 aliphatic rings. The van der Waals surface area contributed by atoms with Crippen molar-refractivity contribution in [2.24, 2.45) is 5.92 Å². The van der Waals surface area contributed by atoms with Crippen molar-refractivity contribution in [3.63, 3.8) is 0 Å². The van der Waals surface area contributed by atoms with Crippen molar-refractivity contribution in [1.82, 2.24) is 0 Å². The molecule has 3 heteroatoms. The number of carbonyl (C=O) groups is 1. The van der Waals surface area contributed by atoms with Gasteiger partial charge in [-0.15, -0.1) is 0 Å². The van der Waals surface area contributed by atoms with Crippen molar-refractivity contribution < 1.29 is 9.53 Å². The second kappa shape index (κ2) is 6.28. The zero-order chi connectivity index (χ0) is 12.8. The van der Waals surface area contributed by atoms with E-state index in [-0.39, 0.29) is 5.91 Å². The van der Waals surface area contributed by atoms with Gasteiger partial charge in [-0.05, 0) is 30.2 Å². The zero-order valence-electron chi connectivity index (χ0n) is 11.1. The lowest BCUT2D eigenvalue weighted by atomic mass is 10.0. The van der Waals surface area contributed by atoms with E-state index in [0.717, 1.165) is 17.9 Å². The Balaban J connectivity index is 2.67. The van der Waals surface area contributed by atoms with E-state index in [0.29, 0.717) is 12.3 Å². The Hall–Kier alpha value is -1.51. The minimum Gasteiger partial charge on any atom is -0.497 e. The lowest BCUT2D eigenvalue weighted by Crippen LogP contribution is -2.27. The standard InChI is InChI=1S/C14H21NO2/c1-5-11(2)10-14(16)15(3)12-6-8-13(17-4)9-7-12/h6-9,11H,5,10H2,1-4H3. The minimum absolute atomic E-state index is 0.157. The molecule has 1 aromatic rings. The molecule has 94 valence electrons. The molecule has 1 rings (SSSR count). The first-order chi connectivity index (χ1) is 8.08. The number of nitrogens with zero attached hydrogens (tertiary/aromatic N) is 1. The Morgan fingerprint density at radius 3 is 2.41 bits per heavy atom. The summed E-state index contributed by atoms with van der Waals surface area (Å²) in [5, 5.41) is 0. The summed E-state index contributed by atoms with van der Waals surface area (Å²) >= 11 is 0. The molecule has 0 saturated heterocycles. The topological polar surface area (TPSA) is 29.5 Å². The summed E-state index contributed by atoms with van der Waals surface area (Å²) in [4.78, 5) is 13.7. The van der Waals surface area contributed by atoms with Crippen LogP contribution in [0.3, 0.4) is 0 Å². The summed E-state index contributed by atoms with van der Waals surface area (Å²) in [5.41, 5.74) is 0.902. The van der Waals surface area contributed by atoms with Crippen LogP contribution in [0.1, 0.15) is 26.7 Å². The van der Waals surface area contributed by atoms with Gasteiger partial charge in [0.15, 0.2) is 0 Å². The second-order valence-electron chi connectivity index (χ2n) is 4.37. The van der Waals surface area contributed by atoms with Crippen LogP contribution in [0.4, 0.5) is 5.69 Å². The van der Waals surface area contributed by atoms with Crippen LogP contribution in [0.25, 0.3) is 0 Å². The zero-order valence-corrected chi connectivity index (χ0v) is 11.1. The molecule has 1 aromatic carbocycles. The molecule has 0 aliphatic carbocycles. The molecule has 1 unspecified atom stereocenters. The van der Waals surface area contributed by atoms with Crippen LogP contribution >= 0.6 is 0 Å². The van der Waals surface area contributed by atoms with Gasteiger partial charge in [0.2, 0.25) is 5.91 Å². The molecule has 0 N–H and O–H groups in total. The summed E-state index contributed by atoms with van der Waals surface area (Å²) in [7, 11) is 3.44. The van der Waals surface area contributed by atoms with Crippen molar-refractivity contribution in [3.8, 4) is 5.75 Å². The third kappa shape index (κ3) is 3.77. The predicted octanol–water partition coefficient (Wildman–Crippen LogP) is 3.09. The average Bonchev–Trinajstić information content (AvgIpc) is 2.37. The van der Waals surface area contributed by atoms with Gasteiger partial charge >= 0.3 is 0 Å². The molecule has 3 nitrogen and oxygen atoms in total. The lowest BCUT2D eigenvalue weighted by molar-refractivity contribution is -0.119. The van der Waals surface area contributed by atoms with Gasteiger partial charge in [-0.2, -0.15) is 0 Å². The number of methoxy groups -OCH3 is 1. The van der Waals surface area contributed by atoms with Gasteiger partial charge in [0.1, 0.15) is 5.75 Å². The molecule has 0 saturated carbocycles. The monoisotopic (exact) mass is 235 g/mol. The molecule has 0 radical (unpaired) electrons. The Labute approximate surface area is 103 Å². The number of benzene rings is 1. The third-order valence-electron chi connectivity index (χ3n) is 3.05. The fourth-order valence-electron chi connectivity index (χ4n) is 1.53. The smallest absolute Gasteiger partial charge is 0.226 e. The van der Waals surface area contributed by atoms with E-state index < -0.39 is 0 Å². The minimum atomic E-state index is 0.157. The molecule has 0 heterocycles. The van der Waals surface area contributed by atoms with Gasteiger partial charge in [0.05, 0.1) is 7.11 Å². The molecule has 1 atom stereocenters. The molecule has 1 amide bonds. The van der Waals surface area contributed by atoms with E-state index in [4.69, 9.17) is 4.74 Å². The van der Waals surface area contributed by atoms with Crippen molar-refractivity contribution >= 4 is 11.6 Å². The molecule has 0 aliphatic heterocycles. The van der Waals surface area contributed by atoms with Crippen LogP contribution in [0.2, 0.25) is 0 Å². The third-order valence-corrected chi connectivity index (χ3v) is 3.05. The highest BCUT2D eigenvalue weighted by Crippen LogP contribution is 2.19. The summed E-state index contributed by atoms with van der Waals surface area (Å²) in [6.07, 6.45) is 1.63. The first kappa shape index (κ1) is 13.6. The maximum absolute atomic E-state index is 12.0. The molecule has 0 fully saturated rings. The van der Waals surface area contributed by atoms with Crippen LogP contribution in [0.5, 0.6) is 5.75 Å². The quantitative estimate of drug-likeness (QED) is 0.785. The number of carbonyl (C=O) groups excluding carboxylic acids is 1. The van der Waals surface area contributed by atoms with Gasteiger partial charge in [-0.1, -0.05) is 20.3 Å².